The van der Waals surface area contributed by atoms with Crippen LogP contribution >= 0.6 is 23.2 Å². The van der Waals surface area contributed by atoms with Gasteiger partial charge in [-0.3, -0.25) is 19.5 Å². The van der Waals surface area contributed by atoms with Gasteiger partial charge in [0.15, 0.2) is 0 Å². The number of esters is 1. The predicted molar refractivity (Wildman–Crippen MR) is 201 cm³/mol. The molecule has 11 nitrogen and oxygen atoms in total. The number of ether oxygens (including phenoxy) is 3. The molecule has 1 aliphatic rings. The van der Waals surface area contributed by atoms with Crippen molar-refractivity contribution in [3.63, 3.8) is 0 Å². The molecule has 2 heterocycles. The summed E-state index contributed by atoms with van der Waals surface area (Å²) < 4.78 is 17.8. The molecule has 0 aliphatic carbocycles. The number of halogens is 2. The molecule has 2 aromatic carbocycles. The van der Waals surface area contributed by atoms with E-state index in [2.05, 4.69) is 35.6 Å². The fourth-order valence-corrected chi connectivity index (χ4v) is 6.80. The molecule has 0 radical (unpaired) electrons. The first-order valence-corrected chi connectivity index (χ1v) is 21.2. The van der Waals surface area contributed by atoms with E-state index in [1.165, 1.54) is 14.2 Å². The summed E-state index contributed by atoms with van der Waals surface area (Å²) in [5, 5.41) is 10.3. The minimum absolute atomic E-state index is 0.125. The second-order valence-corrected chi connectivity index (χ2v) is 19.8. The van der Waals surface area contributed by atoms with Gasteiger partial charge in [0.05, 0.1) is 32.4 Å². The van der Waals surface area contributed by atoms with E-state index in [9.17, 15) is 14.4 Å². The Hall–Kier alpha value is -3.68. The maximum absolute atomic E-state index is 13.0. The number of fused-ring (bicyclic) bond motifs is 4. The van der Waals surface area contributed by atoms with Crippen LogP contribution in [0.1, 0.15) is 55.5 Å². The number of benzene rings is 2. The van der Waals surface area contributed by atoms with E-state index >= 15 is 0 Å². The molecule has 50 heavy (non-hydrogen) atoms. The third-order valence-electron chi connectivity index (χ3n) is 8.37. The average molecular weight is 745 g/mol. The fraction of sp³-hybridized carbons (Fsp3) is 0.444. The molecule has 4 rings (SSSR count). The molecule has 1 unspecified atom stereocenters. The Labute approximate surface area is 305 Å². The standard InChI is InChI=1S/C36H47Cl2N5O6Si/c1-47-32(45)21-25(24-10-9-11-26(37)20-24)16-17-39-29-12-7-6-8-13-31(44)41-30-22-27(40-36(46)48-2)14-15-28(30)33-34(38)43(35(29)42-33)23-49-18-19-50(3,4)5/h6-7,9-11,14-15,20,22,25,29,39H,8,12-13,16-19,21,23H2,1-5H3,(H,40,46)(H,41,44)/b7-6+/t25?,29-/m0/s1. The van der Waals surface area contributed by atoms with Crippen molar-refractivity contribution in [2.24, 2.45) is 0 Å². The zero-order valence-electron chi connectivity index (χ0n) is 29.3. The van der Waals surface area contributed by atoms with E-state index in [-0.39, 0.29) is 43.4 Å². The number of carbonyl (C=O) groups is 3. The van der Waals surface area contributed by atoms with Gasteiger partial charge in [-0.15, -0.1) is 0 Å². The number of hydrogen-bond acceptors (Lipinski definition) is 8. The van der Waals surface area contributed by atoms with Crippen molar-refractivity contribution in [1.82, 2.24) is 14.9 Å². The highest BCUT2D eigenvalue weighted by Crippen LogP contribution is 2.38. The van der Waals surface area contributed by atoms with Crippen molar-refractivity contribution in [1.29, 1.82) is 0 Å². The monoisotopic (exact) mass is 743 g/mol. The molecular weight excluding hydrogens is 697 g/mol. The van der Waals surface area contributed by atoms with Crippen LogP contribution in [0.15, 0.2) is 54.6 Å². The van der Waals surface area contributed by atoms with Crippen LogP contribution in [0.3, 0.4) is 0 Å². The molecule has 2 bridgehead atoms. The number of hydrogen-bond donors (Lipinski definition) is 3. The van der Waals surface area contributed by atoms with Crippen LogP contribution < -0.4 is 16.0 Å². The number of allylic oxidation sites excluding steroid dienone is 1. The highest BCUT2D eigenvalue weighted by molar-refractivity contribution is 6.76. The van der Waals surface area contributed by atoms with Gasteiger partial charge < -0.3 is 24.8 Å². The summed E-state index contributed by atoms with van der Waals surface area (Å²) in [7, 11) is 1.32. The molecule has 1 aliphatic heterocycles. The molecule has 0 saturated heterocycles. The third kappa shape index (κ3) is 11.4. The highest BCUT2D eigenvalue weighted by Gasteiger charge is 2.27. The van der Waals surface area contributed by atoms with Crippen LogP contribution in [-0.4, -0.2) is 63.0 Å². The number of imidazole rings is 1. The zero-order valence-corrected chi connectivity index (χ0v) is 31.8. The minimum atomic E-state index is -1.35. The van der Waals surface area contributed by atoms with Crippen LogP contribution in [0.2, 0.25) is 35.9 Å². The van der Waals surface area contributed by atoms with Gasteiger partial charge in [-0.25, -0.2) is 9.78 Å². The summed E-state index contributed by atoms with van der Waals surface area (Å²) in [5.41, 5.74) is 2.89. The van der Waals surface area contributed by atoms with E-state index in [0.29, 0.717) is 71.0 Å². The Morgan fingerprint density at radius 3 is 2.62 bits per heavy atom. The van der Waals surface area contributed by atoms with Crippen LogP contribution in [0.25, 0.3) is 11.3 Å². The molecule has 0 saturated carbocycles. The Bertz CT molecular complexity index is 1670. The smallest absolute Gasteiger partial charge is 0.411 e. The molecule has 2 atom stereocenters. The maximum atomic E-state index is 13.0. The number of anilines is 2. The van der Waals surface area contributed by atoms with Crippen molar-refractivity contribution >= 4 is 60.6 Å². The first kappa shape index (κ1) is 39.1. The number of rotatable bonds is 13. The van der Waals surface area contributed by atoms with Gasteiger partial charge in [0, 0.05) is 37.4 Å². The lowest BCUT2D eigenvalue weighted by Crippen LogP contribution is -2.27. The van der Waals surface area contributed by atoms with Crippen molar-refractivity contribution < 1.29 is 28.6 Å². The molecular formula is C36H47Cl2N5O6Si. The number of aromatic nitrogens is 2. The molecule has 0 fully saturated rings. The van der Waals surface area contributed by atoms with E-state index in [1.54, 1.807) is 18.2 Å². The van der Waals surface area contributed by atoms with Crippen LogP contribution in [0.4, 0.5) is 16.2 Å². The van der Waals surface area contributed by atoms with Gasteiger partial charge in [-0.2, -0.15) is 0 Å². The molecule has 3 N–H and O–H groups in total. The van der Waals surface area contributed by atoms with Gasteiger partial charge in [-0.1, -0.05) is 67.1 Å². The van der Waals surface area contributed by atoms with Crippen LogP contribution in [0, 0.1) is 0 Å². The van der Waals surface area contributed by atoms with Crippen molar-refractivity contribution in [3.8, 4) is 11.3 Å². The summed E-state index contributed by atoms with van der Waals surface area (Å²) in [6, 6.07) is 13.4. The van der Waals surface area contributed by atoms with Gasteiger partial charge in [0.2, 0.25) is 5.91 Å². The zero-order chi connectivity index (χ0) is 36.3. The van der Waals surface area contributed by atoms with E-state index in [0.717, 1.165) is 11.6 Å². The Morgan fingerprint density at radius 2 is 1.90 bits per heavy atom. The van der Waals surface area contributed by atoms with Crippen LogP contribution in [-0.2, 0) is 30.5 Å². The summed E-state index contributed by atoms with van der Waals surface area (Å²) in [4.78, 5) is 42.5. The largest absolute Gasteiger partial charge is 0.469 e. The Balaban J connectivity index is 1.72. The summed E-state index contributed by atoms with van der Waals surface area (Å²) >= 11 is 13.5. The van der Waals surface area contributed by atoms with E-state index < -0.39 is 14.2 Å². The minimum Gasteiger partial charge on any atom is -0.469 e. The van der Waals surface area contributed by atoms with Crippen molar-refractivity contribution in [3.05, 3.63) is 76.2 Å². The number of amides is 2. The SMILES string of the molecule is COC(=O)CC(CCN[C@H]1C/C=C/CCC(=O)Nc2cc(NC(=O)OC)ccc2-c2nc1n(COCC[Si](C)(C)C)c2Cl)c1cccc(Cl)c1. The number of methoxy groups -OCH3 is 2. The topological polar surface area (TPSA) is 133 Å². The van der Waals surface area contributed by atoms with E-state index in [4.69, 9.17) is 42.4 Å². The lowest BCUT2D eigenvalue weighted by Gasteiger charge is -2.22. The normalized spacial score (nSPS) is 16.1. The summed E-state index contributed by atoms with van der Waals surface area (Å²) in [6.07, 6.45) is 5.58. The quantitative estimate of drug-likeness (QED) is 0.0688. The van der Waals surface area contributed by atoms with Gasteiger partial charge in [0.1, 0.15) is 23.4 Å². The van der Waals surface area contributed by atoms with E-state index in [1.807, 2.05) is 41.0 Å². The lowest BCUT2D eigenvalue weighted by molar-refractivity contribution is -0.141. The first-order chi connectivity index (χ1) is 23.9. The second kappa shape index (κ2) is 18.5. The van der Waals surface area contributed by atoms with Gasteiger partial charge in [-0.05, 0) is 73.7 Å². The third-order valence-corrected chi connectivity index (χ3v) is 10.7. The highest BCUT2D eigenvalue weighted by atomic mass is 35.5. The van der Waals surface area contributed by atoms with Crippen molar-refractivity contribution in [2.75, 3.05) is 38.0 Å². The maximum Gasteiger partial charge on any atom is 0.411 e. The van der Waals surface area contributed by atoms with Gasteiger partial charge >= 0.3 is 12.1 Å². The first-order valence-electron chi connectivity index (χ1n) is 16.7. The Morgan fingerprint density at radius 1 is 1.10 bits per heavy atom. The van der Waals surface area contributed by atoms with Gasteiger partial charge in [0.25, 0.3) is 0 Å². The number of nitrogens with zero attached hydrogens (tertiary/aromatic N) is 2. The Kier molecular flexibility index (Phi) is 14.5. The molecule has 3 aromatic rings. The summed E-state index contributed by atoms with van der Waals surface area (Å²) in [5.74, 6) is 0.0556. The molecule has 270 valence electrons. The molecule has 2 amide bonds. The fourth-order valence-electron chi connectivity index (χ4n) is 5.57. The molecule has 1 aromatic heterocycles. The average Bonchev–Trinajstić information content (AvgIpc) is 3.39. The summed E-state index contributed by atoms with van der Waals surface area (Å²) in [6.45, 7) is 8.21. The second-order valence-electron chi connectivity index (χ2n) is 13.4. The van der Waals surface area contributed by atoms with Crippen molar-refractivity contribution in [2.45, 2.75) is 76.5 Å². The predicted octanol–water partition coefficient (Wildman–Crippen LogP) is 8.39. The number of carbonyl (C=O) groups excluding carboxylic acids is 3. The molecule has 14 heteroatoms. The lowest BCUT2D eigenvalue weighted by atomic mass is 9.92. The number of nitrogens with one attached hydrogen (secondary N) is 3. The molecule has 0 spiro atoms. The van der Waals surface area contributed by atoms with Crippen LogP contribution in [0.5, 0.6) is 0 Å².